The van der Waals surface area contributed by atoms with Gasteiger partial charge in [0.25, 0.3) is 0 Å². The summed E-state index contributed by atoms with van der Waals surface area (Å²) in [6.45, 7) is 6.75. The predicted molar refractivity (Wildman–Crippen MR) is 133 cm³/mol. The molecule has 0 aliphatic heterocycles. The SMILES string of the molecule is CC[C@@H](O)Cn1cc(-c2cncc([C@@]34CC[C@@H](c5cc(-c6c(F)cccc6F)nnc53)C4(C)C)n2)cn1. The Morgan fingerprint density at radius 3 is 2.65 bits per heavy atom. The summed E-state index contributed by atoms with van der Waals surface area (Å²) in [4.78, 5) is 9.58. The molecule has 1 fully saturated rings. The molecule has 1 saturated carbocycles. The van der Waals surface area contributed by atoms with Crippen molar-refractivity contribution < 1.29 is 13.9 Å². The van der Waals surface area contributed by atoms with E-state index in [1.807, 2.05) is 13.1 Å². The van der Waals surface area contributed by atoms with E-state index in [4.69, 9.17) is 4.98 Å². The molecular weight excluding hydrogens is 474 g/mol. The maximum atomic E-state index is 14.5. The Hall–Kier alpha value is -3.59. The lowest BCUT2D eigenvalue weighted by molar-refractivity contribution is 0.145. The molecule has 2 aliphatic rings. The molecule has 2 aliphatic carbocycles. The van der Waals surface area contributed by atoms with Crippen LogP contribution in [0.5, 0.6) is 0 Å². The van der Waals surface area contributed by atoms with Gasteiger partial charge in [0, 0.05) is 18.0 Å². The van der Waals surface area contributed by atoms with Crippen molar-refractivity contribution in [3.05, 3.63) is 77.6 Å². The summed E-state index contributed by atoms with van der Waals surface area (Å²) in [5.74, 6) is -1.16. The lowest BCUT2D eigenvalue weighted by Crippen LogP contribution is -2.38. The van der Waals surface area contributed by atoms with E-state index in [1.54, 1.807) is 29.3 Å². The highest BCUT2D eigenvalue weighted by Crippen LogP contribution is 2.69. The van der Waals surface area contributed by atoms with Gasteiger partial charge in [-0.05, 0) is 54.4 Å². The van der Waals surface area contributed by atoms with Gasteiger partial charge in [-0.3, -0.25) is 9.67 Å². The fraction of sp³-hybridized carbons (Fsp3) is 0.393. The number of aromatic nitrogens is 6. The molecule has 37 heavy (non-hydrogen) atoms. The van der Waals surface area contributed by atoms with E-state index >= 15 is 0 Å². The maximum Gasteiger partial charge on any atom is 0.135 e. The van der Waals surface area contributed by atoms with Gasteiger partial charge >= 0.3 is 0 Å². The lowest BCUT2D eigenvalue weighted by atomic mass is 9.66. The van der Waals surface area contributed by atoms with Crippen LogP contribution in [0.2, 0.25) is 0 Å². The van der Waals surface area contributed by atoms with Crippen LogP contribution >= 0.6 is 0 Å². The van der Waals surface area contributed by atoms with Crippen molar-refractivity contribution >= 4 is 0 Å². The van der Waals surface area contributed by atoms with Crippen molar-refractivity contribution in [1.29, 1.82) is 0 Å². The maximum absolute atomic E-state index is 14.5. The molecule has 0 radical (unpaired) electrons. The summed E-state index contributed by atoms with van der Waals surface area (Å²) in [5, 5.41) is 23.3. The van der Waals surface area contributed by atoms with Gasteiger partial charge in [0.1, 0.15) is 11.6 Å². The average molecular weight is 503 g/mol. The van der Waals surface area contributed by atoms with Gasteiger partial charge in [-0.1, -0.05) is 26.8 Å². The van der Waals surface area contributed by atoms with Gasteiger partial charge in [0.15, 0.2) is 0 Å². The minimum atomic E-state index is -0.656. The van der Waals surface area contributed by atoms with Crippen molar-refractivity contribution in [1.82, 2.24) is 29.9 Å². The summed E-state index contributed by atoms with van der Waals surface area (Å²) in [5.41, 5.74) is 3.36. The number of hydrogen-bond donors (Lipinski definition) is 1. The van der Waals surface area contributed by atoms with Crippen molar-refractivity contribution in [2.45, 2.75) is 64.0 Å². The Morgan fingerprint density at radius 2 is 1.89 bits per heavy atom. The second-order valence-corrected chi connectivity index (χ2v) is 10.7. The summed E-state index contributed by atoms with van der Waals surface area (Å²) >= 11 is 0. The number of hydrogen-bond acceptors (Lipinski definition) is 6. The second kappa shape index (κ2) is 8.48. The largest absolute Gasteiger partial charge is 0.391 e. The van der Waals surface area contributed by atoms with Crippen LogP contribution in [0.1, 0.15) is 62.9 Å². The number of aliphatic hydroxyl groups excluding tert-OH is 1. The number of aliphatic hydroxyl groups is 1. The van der Waals surface area contributed by atoms with E-state index in [0.29, 0.717) is 18.7 Å². The Bertz CT molecular complexity index is 1480. The fourth-order valence-electron chi connectivity index (χ4n) is 6.41. The number of halogens is 2. The molecule has 2 bridgehead atoms. The van der Waals surface area contributed by atoms with Gasteiger partial charge in [-0.25, -0.2) is 13.8 Å². The molecule has 7 nitrogen and oxygen atoms in total. The van der Waals surface area contributed by atoms with Crippen molar-refractivity contribution in [3.63, 3.8) is 0 Å². The number of rotatable bonds is 6. The van der Waals surface area contributed by atoms with Crippen LogP contribution in [-0.2, 0) is 12.0 Å². The molecule has 1 aromatic carbocycles. The Kier molecular flexibility index (Phi) is 5.45. The van der Waals surface area contributed by atoms with E-state index in [1.165, 1.54) is 18.2 Å². The summed E-state index contributed by atoms with van der Waals surface area (Å²) < 4.78 is 30.8. The van der Waals surface area contributed by atoms with E-state index in [-0.39, 0.29) is 22.6 Å². The molecule has 6 rings (SSSR count). The van der Waals surface area contributed by atoms with Gasteiger partial charge in [0.2, 0.25) is 0 Å². The molecule has 3 heterocycles. The Labute approximate surface area is 213 Å². The van der Waals surface area contributed by atoms with Gasteiger partial charge in [-0.15, -0.1) is 5.10 Å². The molecule has 0 saturated heterocycles. The zero-order valence-electron chi connectivity index (χ0n) is 21.0. The summed E-state index contributed by atoms with van der Waals surface area (Å²) in [7, 11) is 0. The lowest BCUT2D eigenvalue weighted by Gasteiger charge is -2.37. The van der Waals surface area contributed by atoms with E-state index in [9.17, 15) is 13.9 Å². The highest BCUT2D eigenvalue weighted by atomic mass is 19.1. The monoisotopic (exact) mass is 502 g/mol. The number of benzene rings is 1. The third-order valence-electron chi connectivity index (χ3n) is 8.47. The molecule has 4 aromatic rings. The molecule has 9 heteroatoms. The van der Waals surface area contributed by atoms with Gasteiger partial charge in [0.05, 0.1) is 58.8 Å². The highest BCUT2D eigenvalue weighted by molar-refractivity contribution is 5.64. The molecule has 1 N–H and O–H groups in total. The van der Waals surface area contributed by atoms with E-state index in [2.05, 4.69) is 34.1 Å². The van der Waals surface area contributed by atoms with Crippen LogP contribution in [0.3, 0.4) is 0 Å². The van der Waals surface area contributed by atoms with E-state index < -0.39 is 23.2 Å². The predicted octanol–water partition coefficient (Wildman–Crippen LogP) is 5.05. The normalized spacial score (nSPS) is 22.3. The summed E-state index contributed by atoms with van der Waals surface area (Å²) in [6.07, 6.45) is 9.02. The number of fused-ring (bicyclic) bond motifs is 5. The number of nitrogens with zero attached hydrogens (tertiary/aromatic N) is 6. The smallest absolute Gasteiger partial charge is 0.135 e. The van der Waals surface area contributed by atoms with Crippen LogP contribution in [0.4, 0.5) is 8.78 Å². The first-order chi connectivity index (χ1) is 17.8. The van der Waals surface area contributed by atoms with Gasteiger partial charge < -0.3 is 5.11 Å². The zero-order chi connectivity index (χ0) is 25.9. The fourth-order valence-corrected chi connectivity index (χ4v) is 6.41. The molecular formula is C28H28F2N6O. The topological polar surface area (TPSA) is 89.6 Å². The molecule has 3 aromatic heterocycles. The molecule has 0 spiro atoms. The average Bonchev–Trinajstić information content (AvgIpc) is 3.51. The minimum Gasteiger partial charge on any atom is -0.391 e. The van der Waals surface area contributed by atoms with Gasteiger partial charge in [-0.2, -0.15) is 10.2 Å². The van der Waals surface area contributed by atoms with Crippen molar-refractivity contribution in [2.24, 2.45) is 5.41 Å². The van der Waals surface area contributed by atoms with Crippen LogP contribution < -0.4 is 0 Å². The summed E-state index contributed by atoms with van der Waals surface area (Å²) in [6, 6.07) is 5.61. The standard InChI is InChI=1S/C28H28F2N6O/c1-4-17(37)15-36-14-16(11-32-36)23-12-31-13-24(33-23)28-9-8-19(27(28,2)3)18-10-22(34-35-26(18)28)25-20(29)6-5-7-21(25)30/h5-7,10-14,17,19,37H,4,8-9,15H2,1-3H3/t17-,19+,28+/m1/s1. The van der Waals surface area contributed by atoms with Crippen LogP contribution in [0, 0.1) is 17.0 Å². The second-order valence-electron chi connectivity index (χ2n) is 10.7. The highest BCUT2D eigenvalue weighted by Gasteiger charge is 2.65. The Balaban J connectivity index is 1.43. The molecule has 0 unspecified atom stereocenters. The third-order valence-corrected chi connectivity index (χ3v) is 8.47. The molecule has 190 valence electrons. The van der Waals surface area contributed by atoms with Crippen molar-refractivity contribution in [3.8, 4) is 22.5 Å². The van der Waals surface area contributed by atoms with Crippen LogP contribution in [0.25, 0.3) is 22.5 Å². The minimum absolute atomic E-state index is 0.148. The van der Waals surface area contributed by atoms with Crippen molar-refractivity contribution in [2.75, 3.05) is 0 Å². The first-order valence-corrected chi connectivity index (χ1v) is 12.6. The third kappa shape index (κ3) is 3.43. The van der Waals surface area contributed by atoms with Crippen LogP contribution in [-0.4, -0.2) is 41.2 Å². The van der Waals surface area contributed by atoms with Crippen LogP contribution in [0.15, 0.2) is 49.1 Å². The van der Waals surface area contributed by atoms with E-state index in [0.717, 1.165) is 35.4 Å². The first kappa shape index (κ1) is 23.8. The first-order valence-electron chi connectivity index (χ1n) is 12.6. The zero-order valence-corrected chi connectivity index (χ0v) is 21.0. The quantitative estimate of drug-likeness (QED) is 0.397. The molecule has 0 amide bonds. The molecule has 3 atom stereocenters. The Morgan fingerprint density at radius 1 is 1.11 bits per heavy atom.